The van der Waals surface area contributed by atoms with Crippen LogP contribution in [-0.2, 0) is 18.9 Å². The van der Waals surface area contributed by atoms with E-state index in [1.54, 1.807) is 0 Å². The highest BCUT2D eigenvalue weighted by Gasteiger charge is 2.32. The third-order valence-electron chi connectivity index (χ3n) is 4.01. The van der Waals surface area contributed by atoms with Gasteiger partial charge in [-0.2, -0.15) is 0 Å². The molecule has 1 fully saturated rings. The van der Waals surface area contributed by atoms with Crippen LogP contribution in [0.15, 0.2) is 0 Å². The van der Waals surface area contributed by atoms with E-state index in [0.717, 1.165) is 58.3 Å². The van der Waals surface area contributed by atoms with Gasteiger partial charge in [0, 0.05) is 26.2 Å². The van der Waals surface area contributed by atoms with Gasteiger partial charge in [0.1, 0.15) is 6.10 Å². The van der Waals surface area contributed by atoms with Gasteiger partial charge < -0.3 is 18.9 Å². The van der Waals surface area contributed by atoms with Gasteiger partial charge in [-0.1, -0.05) is 40.0 Å². The van der Waals surface area contributed by atoms with E-state index in [9.17, 15) is 0 Å². The summed E-state index contributed by atoms with van der Waals surface area (Å²) in [6.07, 6.45) is 8.07. The Hall–Kier alpha value is -0.160. The smallest absolute Gasteiger partial charge is 0.107 e. The standard InChI is InChI=1S/C18H36O4/c1-4-7-10-19-14-16-13-17(20-11-8-5-2)18(15-22-16)21-12-9-6-3/h16-18H,4-15H2,1-3H3/t16-,17-,18+/m0/s1. The van der Waals surface area contributed by atoms with Crippen molar-refractivity contribution in [3.05, 3.63) is 0 Å². The maximum atomic E-state index is 6.06. The summed E-state index contributed by atoms with van der Waals surface area (Å²) in [5.74, 6) is 0. The molecular weight excluding hydrogens is 280 g/mol. The highest BCUT2D eigenvalue weighted by molar-refractivity contribution is 4.80. The summed E-state index contributed by atoms with van der Waals surface area (Å²) in [7, 11) is 0. The van der Waals surface area contributed by atoms with E-state index in [1.807, 2.05) is 0 Å². The maximum Gasteiger partial charge on any atom is 0.107 e. The van der Waals surface area contributed by atoms with E-state index in [4.69, 9.17) is 18.9 Å². The molecule has 4 nitrogen and oxygen atoms in total. The molecule has 0 radical (unpaired) electrons. The Labute approximate surface area is 136 Å². The Morgan fingerprint density at radius 1 is 0.818 bits per heavy atom. The monoisotopic (exact) mass is 316 g/mol. The second-order valence-electron chi connectivity index (χ2n) is 6.15. The Kier molecular flexibility index (Phi) is 12.0. The fourth-order valence-electron chi connectivity index (χ4n) is 2.48. The lowest BCUT2D eigenvalue weighted by Crippen LogP contribution is -2.46. The molecule has 1 saturated heterocycles. The minimum atomic E-state index is 0.0790. The normalized spacial score (nSPS) is 25.5. The van der Waals surface area contributed by atoms with Crippen LogP contribution >= 0.6 is 0 Å². The zero-order valence-electron chi connectivity index (χ0n) is 14.9. The third-order valence-corrected chi connectivity index (χ3v) is 4.01. The summed E-state index contributed by atoms with van der Waals surface area (Å²) < 4.78 is 23.6. The lowest BCUT2D eigenvalue weighted by Gasteiger charge is -2.36. The van der Waals surface area contributed by atoms with Crippen molar-refractivity contribution in [1.29, 1.82) is 0 Å². The van der Waals surface area contributed by atoms with Crippen molar-refractivity contribution in [3.8, 4) is 0 Å². The number of unbranched alkanes of at least 4 members (excludes halogenated alkanes) is 3. The van der Waals surface area contributed by atoms with Crippen LogP contribution in [0.2, 0.25) is 0 Å². The van der Waals surface area contributed by atoms with Gasteiger partial charge >= 0.3 is 0 Å². The van der Waals surface area contributed by atoms with Crippen LogP contribution in [0.25, 0.3) is 0 Å². The SMILES string of the molecule is CCCCOC[C@@H]1C[C@H](OCCCC)[C@H](OCCCC)CO1. The van der Waals surface area contributed by atoms with Gasteiger partial charge in [0.25, 0.3) is 0 Å². The molecule has 0 aromatic rings. The number of ether oxygens (including phenoxy) is 4. The van der Waals surface area contributed by atoms with Crippen molar-refractivity contribution < 1.29 is 18.9 Å². The molecule has 0 N–H and O–H groups in total. The number of hydrogen-bond donors (Lipinski definition) is 0. The fourth-order valence-corrected chi connectivity index (χ4v) is 2.48. The van der Waals surface area contributed by atoms with Crippen molar-refractivity contribution in [2.75, 3.05) is 33.0 Å². The molecule has 0 bridgehead atoms. The molecule has 0 aromatic carbocycles. The Morgan fingerprint density at radius 2 is 1.41 bits per heavy atom. The maximum absolute atomic E-state index is 6.06. The van der Waals surface area contributed by atoms with Crippen molar-refractivity contribution in [1.82, 2.24) is 0 Å². The first-order chi connectivity index (χ1) is 10.8. The molecule has 1 aliphatic rings. The Morgan fingerprint density at radius 3 is 2.05 bits per heavy atom. The summed E-state index contributed by atoms with van der Waals surface area (Å²) in [6.45, 7) is 10.3. The molecule has 132 valence electrons. The van der Waals surface area contributed by atoms with Crippen LogP contribution in [0.5, 0.6) is 0 Å². The number of hydrogen-bond acceptors (Lipinski definition) is 4. The van der Waals surface area contributed by atoms with Crippen molar-refractivity contribution in [3.63, 3.8) is 0 Å². The van der Waals surface area contributed by atoms with E-state index in [1.165, 1.54) is 6.42 Å². The quantitative estimate of drug-likeness (QED) is 0.482. The lowest BCUT2D eigenvalue weighted by atomic mass is 10.0. The largest absolute Gasteiger partial charge is 0.379 e. The molecule has 0 aliphatic carbocycles. The average Bonchev–Trinajstić information content (AvgIpc) is 2.54. The molecule has 0 amide bonds. The van der Waals surface area contributed by atoms with E-state index < -0.39 is 0 Å². The van der Waals surface area contributed by atoms with Gasteiger partial charge in [0.15, 0.2) is 0 Å². The Balaban J connectivity index is 2.33. The minimum Gasteiger partial charge on any atom is -0.379 e. The van der Waals surface area contributed by atoms with Gasteiger partial charge in [-0.15, -0.1) is 0 Å². The van der Waals surface area contributed by atoms with Gasteiger partial charge in [-0.3, -0.25) is 0 Å². The molecule has 0 spiro atoms. The predicted octanol–water partition coefficient (Wildman–Crippen LogP) is 3.96. The summed E-state index contributed by atoms with van der Waals surface area (Å²) in [6, 6.07) is 0. The third kappa shape index (κ3) is 8.47. The molecule has 22 heavy (non-hydrogen) atoms. The topological polar surface area (TPSA) is 36.9 Å². The van der Waals surface area contributed by atoms with Crippen LogP contribution in [-0.4, -0.2) is 51.3 Å². The van der Waals surface area contributed by atoms with Gasteiger partial charge in [0.05, 0.1) is 25.4 Å². The highest BCUT2D eigenvalue weighted by Crippen LogP contribution is 2.21. The van der Waals surface area contributed by atoms with Crippen LogP contribution in [0.4, 0.5) is 0 Å². The molecule has 0 unspecified atom stereocenters. The van der Waals surface area contributed by atoms with Crippen molar-refractivity contribution in [2.24, 2.45) is 0 Å². The molecule has 0 saturated carbocycles. The van der Waals surface area contributed by atoms with E-state index >= 15 is 0 Å². The minimum absolute atomic E-state index is 0.0790. The van der Waals surface area contributed by atoms with Gasteiger partial charge in [-0.05, 0) is 19.3 Å². The summed E-state index contributed by atoms with van der Waals surface area (Å²) in [5, 5.41) is 0. The number of rotatable bonds is 13. The predicted molar refractivity (Wildman–Crippen MR) is 89.4 cm³/mol. The van der Waals surface area contributed by atoms with E-state index in [2.05, 4.69) is 20.8 Å². The first kappa shape index (κ1) is 19.9. The van der Waals surface area contributed by atoms with E-state index in [-0.39, 0.29) is 18.3 Å². The molecule has 1 rings (SSSR count). The van der Waals surface area contributed by atoms with Crippen LogP contribution in [0, 0.1) is 0 Å². The molecule has 1 aliphatic heterocycles. The van der Waals surface area contributed by atoms with Crippen LogP contribution in [0.3, 0.4) is 0 Å². The second-order valence-corrected chi connectivity index (χ2v) is 6.15. The zero-order valence-corrected chi connectivity index (χ0v) is 14.9. The Bertz CT molecular complexity index is 247. The fraction of sp³-hybridized carbons (Fsp3) is 1.00. The summed E-state index contributed by atoms with van der Waals surface area (Å²) in [4.78, 5) is 0. The first-order valence-electron chi connectivity index (χ1n) is 9.24. The van der Waals surface area contributed by atoms with Crippen molar-refractivity contribution in [2.45, 2.75) is 84.0 Å². The average molecular weight is 316 g/mol. The first-order valence-corrected chi connectivity index (χ1v) is 9.24. The highest BCUT2D eigenvalue weighted by atomic mass is 16.6. The molecule has 0 aromatic heterocycles. The summed E-state index contributed by atoms with van der Waals surface area (Å²) in [5.41, 5.74) is 0. The van der Waals surface area contributed by atoms with E-state index in [0.29, 0.717) is 13.2 Å². The lowest BCUT2D eigenvalue weighted by molar-refractivity contribution is -0.174. The van der Waals surface area contributed by atoms with Crippen LogP contribution in [0.1, 0.15) is 65.7 Å². The van der Waals surface area contributed by atoms with Gasteiger partial charge in [-0.25, -0.2) is 0 Å². The van der Waals surface area contributed by atoms with Crippen LogP contribution < -0.4 is 0 Å². The molecule has 3 atom stereocenters. The summed E-state index contributed by atoms with van der Waals surface area (Å²) >= 11 is 0. The zero-order chi connectivity index (χ0) is 16.0. The second kappa shape index (κ2) is 13.3. The van der Waals surface area contributed by atoms with Crippen molar-refractivity contribution >= 4 is 0 Å². The molecule has 1 heterocycles. The molecule has 4 heteroatoms. The van der Waals surface area contributed by atoms with Gasteiger partial charge in [0.2, 0.25) is 0 Å². The molecular formula is C18H36O4.